The lowest BCUT2D eigenvalue weighted by molar-refractivity contribution is -0.149. The number of amides is 2. The van der Waals surface area contributed by atoms with Crippen molar-refractivity contribution >= 4 is 23.6 Å². The van der Waals surface area contributed by atoms with Gasteiger partial charge in [-0.25, -0.2) is 14.8 Å². The molecule has 0 spiro atoms. The molecule has 2 aliphatic heterocycles. The highest BCUT2D eigenvalue weighted by Gasteiger charge is 2.46. The summed E-state index contributed by atoms with van der Waals surface area (Å²) < 4.78 is 5.38. The summed E-state index contributed by atoms with van der Waals surface area (Å²) >= 11 is 6.06. The predicted octanol–water partition coefficient (Wildman–Crippen LogP) is 1.36. The average Bonchev–Trinajstić information content (AvgIpc) is 2.62. The topological polar surface area (TPSA) is 108 Å². The van der Waals surface area contributed by atoms with Crippen molar-refractivity contribution in [3.8, 4) is 0 Å². The van der Waals surface area contributed by atoms with Crippen molar-refractivity contribution in [1.82, 2.24) is 25.1 Å². The first kappa shape index (κ1) is 21.7. The number of nitrogens with one attached hydrogen (secondary N) is 1. The molecule has 1 aromatic rings. The Morgan fingerprint density at radius 2 is 2.00 bits per heavy atom. The predicted molar refractivity (Wildman–Crippen MR) is 106 cm³/mol. The maximum atomic E-state index is 13.0. The molecule has 3 heterocycles. The van der Waals surface area contributed by atoms with Crippen LogP contribution in [0.5, 0.6) is 0 Å². The minimum atomic E-state index is -1.15. The van der Waals surface area contributed by atoms with E-state index in [-0.39, 0.29) is 24.1 Å². The van der Waals surface area contributed by atoms with E-state index in [9.17, 15) is 14.7 Å². The molecule has 2 amide bonds. The second-order valence-corrected chi connectivity index (χ2v) is 8.90. The minimum absolute atomic E-state index is 0.113. The molecule has 2 fully saturated rings. The van der Waals surface area contributed by atoms with Crippen LogP contribution in [0.4, 0.5) is 4.79 Å². The Bertz CT molecular complexity index is 763. The molecule has 1 atom stereocenters. The molecule has 1 aromatic heterocycles. The van der Waals surface area contributed by atoms with E-state index in [0.717, 1.165) is 0 Å². The van der Waals surface area contributed by atoms with E-state index in [2.05, 4.69) is 15.3 Å². The Labute approximate surface area is 175 Å². The molecular weight excluding hydrogens is 398 g/mol. The highest BCUT2D eigenvalue weighted by atomic mass is 35.5. The largest absolute Gasteiger partial charge is 0.444 e. The summed E-state index contributed by atoms with van der Waals surface area (Å²) in [4.78, 5) is 36.6. The van der Waals surface area contributed by atoms with Crippen LogP contribution in [0.15, 0.2) is 12.4 Å². The van der Waals surface area contributed by atoms with Crippen molar-refractivity contribution in [2.45, 2.75) is 50.9 Å². The van der Waals surface area contributed by atoms with Gasteiger partial charge in [0.1, 0.15) is 29.7 Å². The fourth-order valence-corrected chi connectivity index (χ4v) is 3.95. The molecule has 0 aliphatic carbocycles. The summed E-state index contributed by atoms with van der Waals surface area (Å²) in [5.74, 6) is -0.270. The number of piperidine rings is 1. The van der Waals surface area contributed by atoms with Crippen LogP contribution in [-0.2, 0) is 9.53 Å². The number of halogens is 1. The number of aliphatic hydroxyl groups is 1. The number of hydrogen-bond acceptors (Lipinski definition) is 7. The van der Waals surface area contributed by atoms with E-state index in [0.29, 0.717) is 38.2 Å². The van der Waals surface area contributed by atoms with Crippen LogP contribution in [0.3, 0.4) is 0 Å². The van der Waals surface area contributed by atoms with Gasteiger partial charge in [-0.15, -0.1) is 0 Å². The van der Waals surface area contributed by atoms with Gasteiger partial charge in [0.05, 0.1) is 11.3 Å². The van der Waals surface area contributed by atoms with E-state index < -0.39 is 23.3 Å². The number of carbonyl (C=O) groups excluding carboxylic acids is 2. The van der Waals surface area contributed by atoms with Gasteiger partial charge in [-0.1, -0.05) is 11.6 Å². The first-order chi connectivity index (χ1) is 13.6. The van der Waals surface area contributed by atoms with Gasteiger partial charge in [-0.2, -0.15) is 0 Å². The van der Waals surface area contributed by atoms with E-state index in [1.54, 1.807) is 31.7 Å². The third-order valence-electron chi connectivity index (χ3n) is 5.13. The van der Waals surface area contributed by atoms with Gasteiger partial charge < -0.3 is 20.1 Å². The monoisotopic (exact) mass is 425 g/mol. The third-order valence-corrected chi connectivity index (χ3v) is 5.34. The molecule has 0 radical (unpaired) electrons. The molecule has 0 saturated carbocycles. The van der Waals surface area contributed by atoms with Crippen LogP contribution in [0.1, 0.15) is 45.3 Å². The lowest BCUT2D eigenvalue weighted by atomic mass is 9.81. The third kappa shape index (κ3) is 5.15. The molecule has 2 saturated heterocycles. The molecule has 29 heavy (non-hydrogen) atoms. The fraction of sp³-hybridized carbons (Fsp3) is 0.684. The van der Waals surface area contributed by atoms with Gasteiger partial charge in [-0.3, -0.25) is 9.69 Å². The Balaban J connectivity index is 1.84. The Hall–Kier alpha value is -1.97. The van der Waals surface area contributed by atoms with Crippen LogP contribution < -0.4 is 5.32 Å². The van der Waals surface area contributed by atoms with E-state index in [1.165, 1.54) is 11.2 Å². The van der Waals surface area contributed by atoms with Crippen molar-refractivity contribution in [3.05, 3.63) is 23.2 Å². The molecule has 10 heteroatoms. The second-order valence-electron chi connectivity index (χ2n) is 8.51. The molecule has 0 bridgehead atoms. The zero-order chi connectivity index (χ0) is 21.2. The molecule has 0 aromatic carbocycles. The fourth-order valence-electron chi connectivity index (χ4n) is 3.80. The van der Waals surface area contributed by atoms with Crippen molar-refractivity contribution < 1.29 is 19.4 Å². The summed E-state index contributed by atoms with van der Waals surface area (Å²) in [5, 5.41) is 14.9. The van der Waals surface area contributed by atoms with Gasteiger partial charge >= 0.3 is 6.09 Å². The van der Waals surface area contributed by atoms with Gasteiger partial charge in [0.2, 0.25) is 5.91 Å². The lowest BCUT2D eigenvalue weighted by Gasteiger charge is -2.47. The summed E-state index contributed by atoms with van der Waals surface area (Å²) in [6.07, 6.45) is 1.75. The molecular formula is C19H28ClN5O4. The Morgan fingerprint density at radius 1 is 1.31 bits per heavy atom. The number of piperazine rings is 1. The molecule has 1 unspecified atom stereocenters. The highest BCUT2D eigenvalue weighted by Crippen LogP contribution is 2.38. The number of nitrogens with zero attached hydrogens (tertiary/aromatic N) is 4. The SMILES string of the molecule is CC(C)(C)OC(=O)N1CCN(C(c2cc(Cl)ncn2)C2(O)CCNCC2)C(=O)C1. The maximum Gasteiger partial charge on any atom is 0.410 e. The molecule has 3 rings (SSSR count). The number of hydrogen-bond donors (Lipinski definition) is 2. The Morgan fingerprint density at radius 3 is 2.59 bits per heavy atom. The van der Waals surface area contributed by atoms with E-state index >= 15 is 0 Å². The number of aromatic nitrogens is 2. The van der Waals surface area contributed by atoms with E-state index in [1.807, 2.05) is 0 Å². The van der Waals surface area contributed by atoms with Crippen molar-refractivity contribution in [3.63, 3.8) is 0 Å². The molecule has 9 nitrogen and oxygen atoms in total. The van der Waals surface area contributed by atoms with Gasteiger partial charge in [0, 0.05) is 13.1 Å². The van der Waals surface area contributed by atoms with Crippen LogP contribution >= 0.6 is 11.6 Å². The van der Waals surface area contributed by atoms with Gasteiger partial charge in [-0.05, 0) is 52.8 Å². The maximum absolute atomic E-state index is 13.0. The lowest BCUT2D eigenvalue weighted by Crippen LogP contribution is -2.59. The summed E-state index contributed by atoms with van der Waals surface area (Å²) in [5.41, 5.74) is -1.29. The quantitative estimate of drug-likeness (QED) is 0.704. The van der Waals surface area contributed by atoms with E-state index in [4.69, 9.17) is 16.3 Å². The first-order valence-electron chi connectivity index (χ1n) is 9.77. The number of ether oxygens (including phenoxy) is 1. The zero-order valence-corrected chi connectivity index (χ0v) is 17.8. The normalized spacial score (nSPS) is 21.1. The van der Waals surface area contributed by atoms with Crippen LogP contribution in [0, 0.1) is 0 Å². The van der Waals surface area contributed by atoms with Gasteiger partial charge in [0.15, 0.2) is 0 Å². The van der Waals surface area contributed by atoms with Crippen molar-refractivity contribution in [2.75, 3.05) is 32.7 Å². The number of rotatable bonds is 3. The van der Waals surface area contributed by atoms with Crippen molar-refractivity contribution in [2.24, 2.45) is 0 Å². The number of carbonyl (C=O) groups is 2. The van der Waals surface area contributed by atoms with Crippen LogP contribution in [0.2, 0.25) is 5.15 Å². The van der Waals surface area contributed by atoms with Crippen LogP contribution in [0.25, 0.3) is 0 Å². The summed E-state index contributed by atoms with van der Waals surface area (Å²) in [7, 11) is 0. The smallest absolute Gasteiger partial charge is 0.410 e. The molecule has 160 valence electrons. The second kappa shape index (κ2) is 8.41. The standard InChI is InChI=1S/C19H28ClN5O4/c1-18(2,3)29-17(27)24-8-9-25(15(26)11-24)16(13-10-14(20)23-12-22-13)19(28)4-6-21-7-5-19/h10,12,16,21,28H,4-9,11H2,1-3H3. The molecule has 2 aliphatic rings. The average molecular weight is 426 g/mol. The Kier molecular flexibility index (Phi) is 6.30. The first-order valence-corrected chi connectivity index (χ1v) is 10.1. The summed E-state index contributed by atoms with van der Waals surface area (Å²) in [6.45, 7) is 7.08. The van der Waals surface area contributed by atoms with Crippen molar-refractivity contribution in [1.29, 1.82) is 0 Å². The van der Waals surface area contributed by atoms with Crippen LogP contribution in [-0.4, -0.2) is 80.8 Å². The van der Waals surface area contributed by atoms with Gasteiger partial charge in [0.25, 0.3) is 0 Å². The minimum Gasteiger partial charge on any atom is -0.444 e. The molecule has 2 N–H and O–H groups in total. The highest BCUT2D eigenvalue weighted by molar-refractivity contribution is 6.29. The summed E-state index contributed by atoms with van der Waals surface area (Å²) in [6, 6.07) is 0.915. The zero-order valence-electron chi connectivity index (χ0n) is 17.0.